The Morgan fingerprint density at radius 3 is 2.78 bits per heavy atom. The lowest BCUT2D eigenvalue weighted by Crippen LogP contribution is -2.33. The van der Waals surface area contributed by atoms with Gasteiger partial charge in [0.15, 0.2) is 0 Å². The van der Waals surface area contributed by atoms with E-state index in [4.69, 9.17) is 0 Å². The highest BCUT2D eigenvalue weighted by molar-refractivity contribution is 7.10. The van der Waals surface area contributed by atoms with Crippen LogP contribution >= 0.6 is 11.3 Å². The lowest BCUT2D eigenvalue weighted by Gasteiger charge is -2.30. The molecular formula is C20H32FNS. The first kappa shape index (κ1) is 17.4. The van der Waals surface area contributed by atoms with Crippen molar-refractivity contribution in [3.8, 4) is 0 Å². The molecule has 0 spiro atoms. The largest absolute Gasteiger partial charge is 0.298 e. The molecular weight excluding hydrogens is 305 g/mol. The second-order valence-electron chi connectivity index (χ2n) is 8.80. The summed E-state index contributed by atoms with van der Waals surface area (Å²) in [5, 5.41) is 2.08. The minimum atomic E-state index is 0.0905. The van der Waals surface area contributed by atoms with Crippen molar-refractivity contribution in [3.63, 3.8) is 0 Å². The molecule has 1 saturated heterocycles. The third-order valence-electron chi connectivity index (χ3n) is 5.57. The second kappa shape index (κ2) is 7.23. The van der Waals surface area contributed by atoms with E-state index in [-0.39, 0.29) is 11.2 Å². The van der Waals surface area contributed by atoms with Crippen molar-refractivity contribution in [2.45, 2.75) is 72.3 Å². The third kappa shape index (κ3) is 5.03. The van der Waals surface area contributed by atoms with Crippen molar-refractivity contribution < 1.29 is 4.39 Å². The summed E-state index contributed by atoms with van der Waals surface area (Å²) >= 11 is 1.63. The van der Waals surface area contributed by atoms with Gasteiger partial charge in [0.2, 0.25) is 0 Å². The summed E-state index contributed by atoms with van der Waals surface area (Å²) in [4.78, 5) is 3.39. The van der Waals surface area contributed by atoms with Crippen LogP contribution in [0, 0.1) is 23.1 Å². The highest BCUT2D eigenvalue weighted by Crippen LogP contribution is 2.39. The van der Waals surface area contributed by atoms with Gasteiger partial charge in [0.1, 0.15) is 5.82 Å². The topological polar surface area (TPSA) is 3.24 Å². The molecule has 1 aromatic rings. The summed E-state index contributed by atoms with van der Waals surface area (Å²) in [7, 11) is 0. The number of halogens is 1. The number of hydrogen-bond acceptors (Lipinski definition) is 2. The zero-order valence-electron chi connectivity index (χ0n) is 15.0. The number of thiophene rings is 1. The maximum atomic E-state index is 14.8. The van der Waals surface area contributed by atoms with Gasteiger partial charge in [0, 0.05) is 13.1 Å². The van der Waals surface area contributed by atoms with Crippen molar-refractivity contribution >= 4 is 11.3 Å². The maximum absolute atomic E-state index is 14.8. The molecule has 3 heteroatoms. The Morgan fingerprint density at radius 2 is 2.09 bits per heavy atom. The molecule has 1 atom stereocenters. The van der Waals surface area contributed by atoms with Crippen LogP contribution in [0.2, 0.25) is 0 Å². The number of nitrogens with zero attached hydrogens (tertiary/aromatic N) is 1. The van der Waals surface area contributed by atoms with E-state index in [1.54, 1.807) is 11.3 Å². The van der Waals surface area contributed by atoms with Gasteiger partial charge < -0.3 is 0 Å². The summed E-state index contributed by atoms with van der Waals surface area (Å²) < 4.78 is 14.8. The molecule has 2 aliphatic rings. The highest BCUT2D eigenvalue weighted by Gasteiger charge is 2.28. The van der Waals surface area contributed by atoms with E-state index in [1.807, 2.05) is 0 Å². The first-order chi connectivity index (χ1) is 10.9. The van der Waals surface area contributed by atoms with Gasteiger partial charge in [0.25, 0.3) is 0 Å². The molecule has 0 aromatic carbocycles. The minimum absolute atomic E-state index is 0.0905. The Kier molecular flexibility index (Phi) is 5.47. The Balaban J connectivity index is 1.57. The SMILES string of the molecule is C[C@@H]1CCCN(Cc2scc(CC(C)(C)CCC3CC3)c2F)C1. The fraction of sp³-hybridized carbons (Fsp3) is 0.800. The normalized spacial score (nSPS) is 23.4. The summed E-state index contributed by atoms with van der Waals surface area (Å²) in [5.74, 6) is 1.82. The molecule has 1 aliphatic heterocycles. The monoisotopic (exact) mass is 337 g/mol. The molecule has 23 heavy (non-hydrogen) atoms. The van der Waals surface area contributed by atoms with Crippen LogP contribution in [0.15, 0.2) is 5.38 Å². The average molecular weight is 338 g/mol. The fourth-order valence-corrected chi connectivity index (χ4v) is 4.85. The van der Waals surface area contributed by atoms with E-state index in [0.29, 0.717) is 0 Å². The van der Waals surface area contributed by atoms with Crippen molar-refractivity contribution in [1.29, 1.82) is 0 Å². The Labute approximate surface area is 145 Å². The Bertz CT molecular complexity index is 518. The third-order valence-corrected chi connectivity index (χ3v) is 6.57. The number of likely N-dealkylation sites (tertiary alicyclic amines) is 1. The number of hydrogen-bond donors (Lipinski definition) is 0. The molecule has 3 rings (SSSR count). The Hall–Kier alpha value is -0.410. The highest BCUT2D eigenvalue weighted by atomic mass is 32.1. The smallest absolute Gasteiger partial charge is 0.141 e. The molecule has 0 bridgehead atoms. The van der Waals surface area contributed by atoms with Gasteiger partial charge in [-0.3, -0.25) is 4.90 Å². The molecule has 2 heterocycles. The second-order valence-corrected chi connectivity index (χ2v) is 9.77. The predicted octanol–water partition coefficient (Wildman–Crippen LogP) is 5.88. The minimum Gasteiger partial charge on any atom is -0.298 e. The van der Waals surface area contributed by atoms with Gasteiger partial charge >= 0.3 is 0 Å². The van der Waals surface area contributed by atoms with E-state index in [9.17, 15) is 4.39 Å². The zero-order chi connectivity index (χ0) is 16.4. The molecule has 1 nitrogen and oxygen atoms in total. The van der Waals surface area contributed by atoms with Crippen LogP contribution in [-0.4, -0.2) is 18.0 Å². The molecule has 1 aliphatic carbocycles. The van der Waals surface area contributed by atoms with E-state index < -0.39 is 0 Å². The van der Waals surface area contributed by atoms with E-state index >= 15 is 0 Å². The van der Waals surface area contributed by atoms with Gasteiger partial charge in [-0.15, -0.1) is 11.3 Å². The van der Waals surface area contributed by atoms with Crippen LogP contribution < -0.4 is 0 Å². The molecule has 0 amide bonds. The predicted molar refractivity (Wildman–Crippen MR) is 97.4 cm³/mol. The standard InChI is InChI=1S/C20H32FNS/c1-15-5-4-10-22(12-15)13-18-19(21)17(14-23-18)11-20(2,3)9-8-16-6-7-16/h14-16H,4-13H2,1-3H3/t15-/m1/s1. The fourth-order valence-electron chi connectivity index (χ4n) is 3.89. The van der Waals surface area contributed by atoms with Crippen molar-refractivity contribution in [3.05, 3.63) is 21.6 Å². The summed E-state index contributed by atoms with van der Waals surface area (Å²) in [5.41, 5.74) is 1.18. The average Bonchev–Trinajstić information content (AvgIpc) is 3.26. The molecule has 0 unspecified atom stereocenters. The van der Waals surface area contributed by atoms with Crippen molar-refractivity contribution in [1.82, 2.24) is 4.90 Å². The number of rotatable bonds is 7. The van der Waals surface area contributed by atoms with Crippen LogP contribution in [0.3, 0.4) is 0 Å². The van der Waals surface area contributed by atoms with Gasteiger partial charge in [-0.2, -0.15) is 0 Å². The van der Waals surface area contributed by atoms with Crippen LogP contribution in [0.5, 0.6) is 0 Å². The lowest BCUT2D eigenvalue weighted by molar-refractivity contribution is 0.176. The summed E-state index contributed by atoms with van der Waals surface area (Å²) in [6.07, 6.45) is 8.86. The quantitative estimate of drug-likeness (QED) is 0.600. The summed E-state index contributed by atoms with van der Waals surface area (Å²) in [6.45, 7) is 9.98. The van der Waals surface area contributed by atoms with Gasteiger partial charge in [-0.25, -0.2) is 4.39 Å². The first-order valence-electron chi connectivity index (χ1n) is 9.40. The van der Waals surface area contributed by atoms with Crippen LogP contribution in [0.1, 0.15) is 69.7 Å². The van der Waals surface area contributed by atoms with Crippen LogP contribution in [0.4, 0.5) is 4.39 Å². The summed E-state index contributed by atoms with van der Waals surface area (Å²) in [6, 6.07) is 0. The molecule has 0 radical (unpaired) electrons. The van der Waals surface area contributed by atoms with Gasteiger partial charge in [-0.05, 0) is 66.8 Å². The Morgan fingerprint density at radius 1 is 1.30 bits per heavy atom. The molecule has 2 fully saturated rings. The van der Waals surface area contributed by atoms with E-state index in [1.165, 1.54) is 38.5 Å². The molecule has 130 valence electrons. The number of piperidine rings is 1. The van der Waals surface area contributed by atoms with Crippen LogP contribution in [-0.2, 0) is 13.0 Å². The first-order valence-corrected chi connectivity index (χ1v) is 10.3. The van der Waals surface area contributed by atoms with Gasteiger partial charge in [-0.1, -0.05) is 33.6 Å². The zero-order valence-corrected chi connectivity index (χ0v) is 15.9. The lowest BCUT2D eigenvalue weighted by atomic mass is 9.81. The molecule has 1 aromatic heterocycles. The van der Waals surface area contributed by atoms with Crippen LogP contribution in [0.25, 0.3) is 0 Å². The van der Waals surface area contributed by atoms with Gasteiger partial charge in [0.05, 0.1) is 4.88 Å². The molecule has 1 saturated carbocycles. The van der Waals surface area contributed by atoms with E-state index in [0.717, 1.165) is 48.3 Å². The van der Waals surface area contributed by atoms with Crippen molar-refractivity contribution in [2.24, 2.45) is 17.3 Å². The molecule has 0 N–H and O–H groups in total. The maximum Gasteiger partial charge on any atom is 0.141 e. The van der Waals surface area contributed by atoms with E-state index in [2.05, 4.69) is 31.1 Å². The van der Waals surface area contributed by atoms with Crippen molar-refractivity contribution in [2.75, 3.05) is 13.1 Å².